The van der Waals surface area contributed by atoms with Gasteiger partial charge >= 0.3 is 17.9 Å². The van der Waals surface area contributed by atoms with E-state index in [4.69, 9.17) is 23.7 Å². The van der Waals surface area contributed by atoms with Crippen molar-refractivity contribution in [3.05, 3.63) is 29.3 Å². The zero-order valence-corrected chi connectivity index (χ0v) is 19.0. The van der Waals surface area contributed by atoms with Crippen molar-refractivity contribution in [3.8, 4) is 5.75 Å². The van der Waals surface area contributed by atoms with E-state index < -0.39 is 54.5 Å². The predicted molar refractivity (Wildman–Crippen MR) is 111 cm³/mol. The Bertz CT molecular complexity index is 869. The Morgan fingerprint density at radius 1 is 0.938 bits per heavy atom. The van der Waals surface area contributed by atoms with Gasteiger partial charge in [0.25, 0.3) is 0 Å². The molecule has 0 unspecified atom stereocenters. The van der Waals surface area contributed by atoms with Gasteiger partial charge in [-0.25, -0.2) is 0 Å². The van der Waals surface area contributed by atoms with Crippen LogP contribution in [0.1, 0.15) is 38.8 Å². The highest BCUT2D eigenvalue weighted by molar-refractivity contribution is 5.73. The van der Waals surface area contributed by atoms with E-state index in [1.54, 1.807) is 6.07 Å². The predicted octanol–water partition coefficient (Wildman–Crippen LogP) is 1.34. The molecule has 1 fully saturated rings. The van der Waals surface area contributed by atoms with Crippen molar-refractivity contribution in [2.45, 2.75) is 72.2 Å². The maximum atomic E-state index is 11.9. The van der Waals surface area contributed by atoms with Gasteiger partial charge < -0.3 is 29.0 Å². The molecule has 1 amide bonds. The summed E-state index contributed by atoms with van der Waals surface area (Å²) < 4.78 is 27.9. The lowest BCUT2D eigenvalue weighted by Gasteiger charge is -2.44. The molecule has 1 aliphatic heterocycles. The zero-order valence-electron chi connectivity index (χ0n) is 19.0. The van der Waals surface area contributed by atoms with E-state index in [1.807, 2.05) is 26.0 Å². The van der Waals surface area contributed by atoms with E-state index in [1.165, 1.54) is 27.7 Å². The van der Waals surface area contributed by atoms with Gasteiger partial charge in [-0.1, -0.05) is 12.1 Å². The number of amides is 1. The summed E-state index contributed by atoms with van der Waals surface area (Å²) in [5.74, 6) is -1.86. The van der Waals surface area contributed by atoms with Crippen molar-refractivity contribution in [1.82, 2.24) is 5.32 Å². The third-order valence-electron chi connectivity index (χ3n) is 4.66. The van der Waals surface area contributed by atoms with Crippen molar-refractivity contribution >= 4 is 23.8 Å². The molecule has 0 aliphatic carbocycles. The smallest absolute Gasteiger partial charge is 0.303 e. The minimum absolute atomic E-state index is 0.287. The fourth-order valence-electron chi connectivity index (χ4n) is 3.35. The molecule has 10 heteroatoms. The molecule has 1 aromatic rings. The summed E-state index contributed by atoms with van der Waals surface area (Å²) in [6.45, 7) is 8.31. The Kier molecular flexibility index (Phi) is 8.59. The van der Waals surface area contributed by atoms with E-state index >= 15 is 0 Å². The average Bonchev–Trinajstić information content (AvgIpc) is 2.66. The second-order valence-corrected chi connectivity index (χ2v) is 7.61. The van der Waals surface area contributed by atoms with E-state index in [9.17, 15) is 19.2 Å². The number of rotatable bonds is 7. The summed E-state index contributed by atoms with van der Waals surface area (Å²) >= 11 is 0. The molecule has 5 atom stereocenters. The van der Waals surface area contributed by atoms with Gasteiger partial charge in [-0.15, -0.1) is 0 Å². The monoisotopic (exact) mass is 451 g/mol. The first-order valence-corrected chi connectivity index (χ1v) is 10.1. The van der Waals surface area contributed by atoms with Crippen LogP contribution in [-0.2, 0) is 38.1 Å². The van der Waals surface area contributed by atoms with E-state index in [0.717, 1.165) is 11.1 Å². The van der Waals surface area contributed by atoms with Gasteiger partial charge in [0.1, 0.15) is 24.5 Å². The highest BCUT2D eigenvalue weighted by Gasteiger charge is 2.52. The molecule has 1 saturated heterocycles. The second kappa shape index (κ2) is 10.9. The Morgan fingerprint density at radius 2 is 1.56 bits per heavy atom. The molecule has 2 rings (SSSR count). The lowest BCUT2D eigenvalue weighted by Crippen LogP contribution is -2.67. The van der Waals surface area contributed by atoms with E-state index in [2.05, 4.69) is 5.32 Å². The Balaban J connectivity index is 2.49. The van der Waals surface area contributed by atoms with Crippen molar-refractivity contribution < 1.29 is 42.9 Å². The number of ether oxygens (including phenoxy) is 5. The Hall–Kier alpha value is -3.14. The summed E-state index contributed by atoms with van der Waals surface area (Å²) in [7, 11) is 0. The quantitative estimate of drug-likeness (QED) is 0.483. The summed E-state index contributed by atoms with van der Waals surface area (Å²) in [5.41, 5.74) is 1.74. The molecular formula is C22H29NO9. The number of benzene rings is 1. The summed E-state index contributed by atoms with van der Waals surface area (Å²) in [5, 5.41) is 2.67. The van der Waals surface area contributed by atoms with Crippen LogP contribution >= 0.6 is 0 Å². The molecule has 32 heavy (non-hydrogen) atoms. The maximum absolute atomic E-state index is 11.9. The Labute approximate surface area is 186 Å². The molecule has 0 spiro atoms. The molecular weight excluding hydrogens is 422 g/mol. The van der Waals surface area contributed by atoms with E-state index in [-0.39, 0.29) is 6.61 Å². The van der Waals surface area contributed by atoms with Crippen molar-refractivity contribution in [2.75, 3.05) is 6.61 Å². The standard InChI is InChI=1S/C22H29NO9/c1-11-7-8-12(2)17(9-11)31-22-19(23-13(3)24)21(30-16(6)27)20(29-15(5)26)18(32-22)10-28-14(4)25/h7-9,18-22H,10H2,1-6H3,(H,23,24)/t18-,19-,20-,21-,22-/m1/s1. The van der Waals surface area contributed by atoms with Crippen molar-refractivity contribution in [2.24, 2.45) is 0 Å². The maximum Gasteiger partial charge on any atom is 0.303 e. The molecule has 0 saturated carbocycles. The topological polar surface area (TPSA) is 126 Å². The number of aryl methyl sites for hydroxylation is 2. The van der Waals surface area contributed by atoms with Crippen LogP contribution in [0.4, 0.5) is 0 Å². The van der Waals surface area contributed by atoms with Crippen LogP contribution in [0.25, 0.3) is 0 Å². The summed E-state index contributed by atoms with van der Waals surface area (Å²) in [6.07, 6.45) is -4.49. The van der Waals surface area contributed by atoms with Crippen LogP contribution in [-0.4, -0.2) is 61.1 Å². The third-order valence-corrected chi connectivity index (χ3v) is 4.66. The van der Waals surface area contributed by atoms with E-state index in [0.29, 0.717) is 5.75 Å². The third kappa shape index (κ3) is 6.94. The molecule has 1 N–H and O–H groups in total. The SMILES string of the molecule is CC(=O)N[C@H]1[C@H](Oc2cc(C)ccc2C)O[C@H](COC(C)=O)[C@@H](OC(C)=O)[C@@H]1OC(C)=O. The largest absolute Gasteiger partial charge is 0.463 e. The highest BCUT2D eigenvalue weighted by Crippen LogP contribution is 2.30. The van der Waals surface area contributed by atoms with Gasteiger partial charge in [-0.05, 0) is 31.0 Å². The molecule has 1 aromatic carbocycles. The first-order valence-electron chi connectivity index (χ1n) is 10.1. The van der Waals surface area contributed by atoms with Crippen LogP contribution < -0.4 is 10.1 Å². The molecule has 176 valence electrons. The van der Waals surface area contributed by atoms with Gasteiger partial charge in [0.05, 0.1) is 0 Å². The lowest BCUT2D eigenvalue weighted by atomic mass is 9.96. The number of hydrogen-bond acceptors (Lipinski definition) is 9. The fourth-order valence-corrected chi connectivity index (χ4v) is 3.35. The van der Waals surface area contributed by atoms with Crippen LogP contribution in [0.3, 0.4) is 0 Å². The van der Waals surface area contributed by atoms with Gasteiger partial charge in [-0.3, -0.25) is 19.2 Å². The minimum Gasteiger partial charge on any atom is -0.463 e. The number of carbonyl (C=O) groups excluding carboxylic acids is 4. The summed E-state index contributed by atoms with van der Waals surface area (Å²) in [4.78, 5) is 47.0. The fraction of sp³-hybridized carbons (Fsp3) is 0.545. The lowest BCUT2D eigenvalue weighted by molar-refractivity contribution is -0.257. The summed E-state index contributed by atoms with van der Waals surface area (Å²) in [6, 6.07) is 4.55. The van der Waals surface area contributed by atoms with Crippen LogP contribution in [0.2, 0.25) is 0 Å². The van der Waals surface area contributed by atoms with Crippen molar-refractivity contribution in [3.63, 3.8) is 0 Å². The first-order chi connectivity index (χ1) is 15.0. The number of esters is 3. The number of hydrogen-bond donors (Lipinski definition) is 1. The zero-order chi connectivity index (χ0) is 24.0. The first kappa shape index (κ1) is 25.1. The van der Waals surface area contributed by atoms with Gasteiger partial charge in [0.15, 0.2) is 12.2 Å². The second-order valence-electron chi connectivity index (χ2n) is 7.61. The molecule has 0 bridgehead atoms. The average molecular weight is 451 g/mol. The van der Waals surface area contributed by atoms with Crippen LogP contribution in [0.5, 0.6) is 5.75 Å². The number of nitrogens with one attached hydrogen (secondary N) is 1. The molecule has 1 aliphatic rings. The Morgan fingerprint density at radius 3 is 2.12 bits per heavy atom. The van der Waals surface area contributed by atoms with Crippen molar-refractivity contribution in [1.29, 1.82) is 0 Å². The highest BCUT2D eigenvalue weighted by atomic mass is 16.7. The molecule has 10 nitrogen and oxygen atoms in total. The van der Waals surface area contributed by atoms with Crippen LogP contribution in [0, 0.1) is 13.8 Å². The molecule has 0 radical (unpaired) electrons. The number of carbonyl (C=O) groups is 4. The normalized spacial score (nSPS) is 24.8. The minimum atomic E-state index is -1.16. The van der Waals surface area contributed by atoms with Gasteiger partial charge in [-0.2, -0.15) is 0 Å². The molecule has 0 aromatic heterocycles. The van der Waals surface area contributed by atoms with Gasteiger partial charge in [0, 0.05) is 27.7 Å². The van der Waals surface area contributed by atoms with Gasteiger partial charge in [0.2, 0.25) is 12.2 Å². The molecule has 1 heterocycles. The van der Waals surface area contributed by atoms with Crippen LogP contribution in [0.15, 0.2) is 18.2 Å².